The second-order valence-corrected chi connectivity index (χ2v) is 7.39. The molecule has 1 unspecified atom stereocenters. The lowest BCUT2D eigenvalue weighted by Gasteiger charge is -2.25. The van der Waals surface area contributed by atoms with E-state index >= 15 is 0 Å². The van der Waals surface area contributed by atoms with Gasteiger partial charge in [-0.3, -0.25) is 4.84 Å². The minimum absolute atomic E-state index is 0.0740. The molecule has 1 atom stereocenters. The average Bonchev–Trinajstić information content (AvgIpc) is 2.23. The summed E-state index contributed by atoms with van der Waals surface area (Å²) in [5.74, 6) is 0.0740. The van der Waals surface area contributed by atoms with Gasteiger partial charge < -0.3 is 14.8 Å². The molecule has 0 aromatic rings. The van der Waals surface area contributed by atoms with Crippen LogP contribution in [-0.4, -0.2) is 36.0 Å². The predicted molar refractivity (Wildman–Crippen MR) is 83.3 cm³/mol. The maximum Gasteiger partial charge on any atom is 0.431 e. The molecule has 0 spiro atoms. The fourth-order valence-corrected chi connectivity index (χ4v) is 1.33. The maximum atomic E-state index is 11.6. The molecule has 2 amide bonds. The predicted octanol–water partition coefficient (Wildman–Crippen LogP) is 2.99. The van der Waals surface area contributed by atoms with Crippen molar-refractivity contribution >= 4 is 12.2 Å². The molecule has 0 bridgehead atoms. The first-order valence-electron chi connectivity index (χ1n) is 7.41. The number of carbonyl (C=O) groups excluding carboxylic acids is 2. The normalized spacial score (nSPS) is 13.5. The summed E-state index contributed by atoms with van der Waals surface area (Å²) in [6.45, 7) is 14.7. The zero-order valence-electron chi connectivity index (χ0n) is 14.9. The summed E-state index contributed by atoms with van der Waals surface area (Å²) in [4.78, 5) is 28.4. The molecule has 7 nitrogen and oxygen atoms in total. The van der Waals surface area contributed by atoms with E-state index in [1.165, 1.54) is 0 Å². The van der Waals surface area contributed by atoms with Gasteiger partial charge in [0, 0.05) is 6.54 Å². The van der Waals surface area contributed by atoms with Crippen molar-refractivity contribution in [2.45, 2.75) is 72.7 Å². The van der Waals surface area contributed by atoms with E-state index in [9.17, 15) is 9.59 Å². The lowest BCUT2D eigenvalue weighted by Crippen LogP contribution is -2.43. The van der Waals surface area contributed by atoms with Crippen molar-refractivity contribution in [2.75, 3.05) is 6.54 Å². The number of hydrogen-bond donors (Lipinski definition) is 2. The largest absolute Gasteiger partial charge is 0.444 e. The van der Waals surface area contributed by atoms with E-state index in [4.69, 9.17) is 14.3 Å². The first-order chi connectivity index (χ1) is 9.80. The summed E-state index contributed by atoms with van der Waals surface area (Å²) in [5, 5.41) is 2.61. The molecule has 0 aromatic heterocycles. The van der Waals surface area contributed by atoms with E-state index in [2.05, 4.69) is 10.8 Å². The summed E-state index contributed by atoms with van der Waals surface area (Å²) in [7, 11) is 0. The number of alkyl carbamates (subject to hydrolysis) is 1. The second kappa shape index (κ2) is 8.22. The van der Waals surface area contributed by atoms with Crippen LogP contribution in [0.3, 0.4) is 0 Å². The molecule has 22 heavy (non-hydrogen) atoms. The van der Waals surface area contributed by atoms with Gasteiger partial charge in [-0.15, -0.1) is 0 Å². The number of hydrogen-bond acceptors (Lipinski definition) is 5. The van der Waals surface area contributed by atoms with Crippen molar-refractivity contribution < 1.29 is 23.9 Å². The number of carbonyl (C=O) groups is 2. The van der Waals surface area contributed by atoms with E-state index in [1.807, 2.05) is 13.8 Å². The van der Waals surface area contributed by atoms with E-state index < -0.39 is 29.5 Å². The summed E-state index contributed by atoms with van der Waals surface area (Å²) in [6, 6.07) is 0. The standard InChI is InChI=1S/C15H30N2O5/c1-10(2)11(9-16-12(18)20-14(3,4)5)22-17-13(19)21-15(6,7)8/h10-11H,9H2,1-8H3,(H,16,18)(H,17,19). The highest BCUT2D eigenvalue weighted by molar-refractivity contribution is 5.67. The molecule has 0 saturated carbocycles. The van der Waals surface area contributed by atoms with Gasteiger partial charge in [0.05, 0.1) is 0 Å². The smallest absolute Gasteiger partial charge is 0.431 e. The Bertz CT molecular complexity index is 337. The zero-order chi connectivity index (χ0) is 17.6. The Hall–Kier alpha value is -1.50. The lowest BCUT2D eigenvalue weighted by atomic mass is 10.1. The first-order valence-corrected chi connectivity index (χ1v) is 7.41. The maximum absolute atomic E-state index is 11.6. The fraction of sp³-hybridized carbons (Fsp3) is 0.867. The lowest BCUT2D eigenvalue weighted by molar-refractivity contribution is -0.0571. The van der Waals surface area contributed by atoms with E-state index in [1.54, 1.807) is 41.5 Å². The summed E-state index contributed by atoms with van der Waals surface area (Å²) in [6.07, 6.45) is -1.60. The number of nitrogens with one attached hydrogen (secondary N) is 2. The highest BCUT2D eigenvalue weighted by atomic mass is 16.7. The van der Waals surface area contributed by atoms with Crippen LogP contribution in [0, 0.1) is 5.92 Å². The van der Waals surface area contributed by atoms with Gasteiger partial charge in [0.1, 0.15) is 17.3 Å². The molecular weight excluding hydrogens is 288 g/mol. The van der Waals surface area contributed by atoms with Crippen LogP contribution in [0.5, 0.6) is 0 Å². The van der Waals surface area contributed by atoms with Crippen molar-refractivity contribution in [3.05, 3.63) is 0 Å². The van der Waals surface area contributed by atoms with Crippen LogP contribution in [0.2, 0.25) is 0 Å². The van der Waals surface area contributed by atoms with Crippen LogP contribution in [0.4, 0.5) is 9.59 Å². The van der Waals surface area contributed by atoms with Crippen molar-refractivity contribution in [1.82, 2.24) is 10.8 Å². The van der Waals surface area contributed by atoms with Gasteiger partial charge in [0.15, 0.2) is 0 Å². The average molecular weight is 318 g/mol. The molecule has 0 heterocycles. The molecule has 0 aliphatic rings. The van der Waals surface area contributed by atoms with Gasteiger partial charge in [-0.1, -0.05) is 13.8 Å². The summed E-state index contributed by atoms with van der Waals surface area (Å²) in [5.41, 5.74) is 1.08. The minimum atomic E-state index is -0.671. The molecule has 130 valence electrons. The van der Waals surface area contributed by atoms with Gasteiger partial charge in [-0.05, 0) is 47.5 Å². The molecule has 0 radical (unpaired) electrons. The number of hydroxylamine groups is 1. The van der Waals surface area contributed by atoms with Crippen LogP contribution < -0.4 is 10.8 Å². The Kier molecular flexibility index (Phi) is 7.66. The highest BCUT2D eigenvalue weighted by Crippen LogP contribution is 2.09. The van der Waals surface area contributed by atoms with Crippen molar-refractivity contribution in [3.63, 3.8) is 0 Å². The van der Waals surface area contributed by atoms with E-state index in [-0.39, 0.29) is 12.5 Å². The number of amides is 2. The van der Waals surface area contributed by atoms with Crippen molar-refractivity contribution in [1.29, 1.82) is 0 Å². The molecule has 0 saturated heterocycles. The Balaban J connectivity index is 4.28. The third-order valence-corrected chi connectivity index (χ3v) is 2.28. The van der Waals surface area contributed by atoms with Crippen LogP contribution in [0.15, 0.2) is 0 Å². The van der Waals surface area contributed by atoms with Crippen LogP contribution in [0.25, 0.3) is 0 Å². The zero-order valence-corrected chi connectivity index (χ0v) is 14.9. The molecule has 0 aromatic carbocycles. The van der Waals surface area contributed by atoms with Gasteiger partial charge in [-0.2, -0.15) is 5.48 Å². The third kappa shape index (κ3) is 11.2. The Morgan fingerprint density at radius 1 is 0.909 bits per heavy atom. The first kappa shape index (κ1) is 20.5. The third-order valence-electron chi connectivity index (χ3n) is 2.28. The summed E-state index contributed by atoms with van der Waals surface area (Å²) >= 11 is 0. The quantitative estimate of drug-likeness (QED) is 0.761. The molecule has 0 aliphatic carbocycles. The highest BCUT2D eigenvalue weighted by Gasteiger charge is 2.22. The molecule has 7 heteroatoms. The van der Waals surface area contributed by atoms with Crippen LogP contribution >= 0.6 is 0 Å². The molecule has 0 rings (SSSR count). The Morgan fingerprint density at radius 2 is 1.36 bits per heavy atom. The molecule has 0 fully saturated rings. The monoisotopic (exact) mass is 318 g/mol. The number of rotatable bonds is 5. The molecular formula is C15H30N2O5. The van der Waals surface area contributed by atoms with Crippen LogP contribution in [-0.2, 0) is 14.3 Å². The second-order valence-electron chi connectivity index (χ2n) is 7.39. The SMILES string of the molecule is CC(C)C(CNC(=O)OC(C)(C)C)ONC(=O)OC(C)(C)C. The molecule has 0 aliphatic heterocycles. The topological polar surface area (TPSA) is 85.9 Å². The Morgan fingerprint density at radius 3 is 1.77 bits per heavy atom. The van der Waals surface area contributed by atoms with Gasteiger partial charge >= 0.3 is 12.2 Å². The minimum Gasteiger partial charge on any atom is -0.444 e. The summed E-state index contributed by atoms with van der Waals surface area (Å²) < 4.78 is 10.2. The van der Waals surface area contributed by atoms with E-state index in [0.29, 0.717) is 0 Å². The van der Waals surface area contributed by atoms with Crippen molar-refractivity contribution in [3.8, 4) is 0 Å². The van der Waals surface area contributed by atoms with E-state index in [0.717, 1.165) is 0 Å². The fourth-order valence-electron chi connectivity index (χ4n) is 1.33. The Labute approximate surface area is 133 Å². The van der Waals surface area contributed by atoms with Gasteiger partial charge in [0.2, 0.25) is 0 Å². The van der Waals surface area contributed by atoms with Crippen LogP contribution in [0.1, 0.15) is 55.4 Å². The van der Waals surface area contributed by atoms with Gasteiger partial charge in [-0.25, -0.2) is 9.59 Å². The van der Waals surface area contributed by atoms with Crippen molar-refractivity contribution in [2.24, 2.45) is 5.92 Å². The van der Waals surface area contributed by atoms with Gasteiger partial charge in [0.25, 0.3) is 0 Å². The number of ether oxygens (including phenoxy) is 2. The molecule has 2 N–H and O–H groups in total.